The Morgan fingerprint density at radius 3 is 2.82 bits per heavy atom. The summed E-state index contributed by atoms with van der Waals surface area (Å²) >= 11 is 3.01. The molecule has 0 fully saturated rings. The number of aryl methyl sites for hydroxylation is 1. The topological polar surface area (TPSA) is 69.1 Å². The van der Waals surface area contributed by atoms with Gasteiger partial charge in [0, 0.05) is 15.9 Å². The van der Waals surface area contributed by atoms with Gasteiger partial charge in [0.2, 0.25) is 5.78 Å². The summed E-state index contributed by atoms with van der Waals surface area (Å²) in [6.07, 6.45) is 0. The van der Waals surface area contributed by atoms with E-state index < -0.39 is 0 Å². The van der Waals surface area contributed by atoms with Gasteiger partial charge in [0.25, 0.3) is 4.80 Å². The average Bonchev–Trinajstić information content (AvgIpc) is 2.28. The maximum atomic E-state index is 11.0. The predicted octanol–water partition coefficient (Wildman–Crippen LogP) is 0.887. The van der Waals surface area contributed by atoms with Gasteiger partial charge >= 0.3 is 0 Å². The Morgan fingerprint density at radius 2 is 2.45 bits per heavy atom. The highest BCUT2D eigenvalue weighted by atomic mass is 79.9. The number of nitrogens with two attached hydrogens (primary N) is 1. The van der Waals surface area contributed by atoms with E-state index in [-0.39, 0.29) is 18.1 Å². The Kier molecular flexibility index (Phi) is 2.41. The van der Waals surface area contributed by atoms with Gasteiger partial charge in [0.05, 0.1) is 12.2 Å². The molecule has 0 aliphatic rings. The molecule has 4 nitrogen and oxygen atoms in total. The van der Waals surface area contributed by atoms with Crippen LogP contribution in [-0.2, 0) is 0 Å². The first-order valence-corrected chi connectivity index (χ1v) is 3.80. The van der Waals surface area contributed by atoms with E-state index in [1.54, 1.807) is 6.92 Å². The molecule has 0 bridgehead atoms. The molecule has 0 aliphatic heterocycles. The van der Waals surface area contributed by atoms with Gasteiger partial charge in [-0.1, -0.05) is 0 Å². The number of rotatable bonds is 2. The lowest BCUT2D eigenvalue weighted by molar-refractivity contribution is 0.0973. The fourth-order valence-electron chi connectivity index (χ4n) is 0.715. The Labute approximate surface area is 71.9 Å². The number of halogens is 1. The fraction of sp³-hybridized carbons (Fsp3) is 0.333. The highest BCUT2D eigenvalue weighted by molar-refractivity contribution is 9.10. The quantitative estimate of drug-likeness (QED) is 0.749. The van der Waals surface area contributed by atoms with Gasteiger partial charge in [0.15, 0.2) is 5.76 Å². The monoisotopic (exact) mass is 218 g/mol. The molecule has 0 atom stereocenters. The van der Waals surface area contributed by atoms with Crippen molar-refractivity contribution in [2.24, 2.45) is 5.73 Å². The van der Waals surface area contributed by atoms with Gasteiger partial charge in [-0.3, -0.25) is 4.79 Å². The standard InChI is InChI=1S/C6H7BrN2O2/c1-3-5(4(10)2-8)11-6(7)9-3/h2,8H2,1H3. The molecule has 0 saturated carbocycles. The largest absolute Gasteiger partial charge is 0.428 e. The molecule has 11 heavy (non-hydrogen) atoms. The molecule has 0 aliphatic carbocycles. The zero-order valence-corrected chi connectivity index (χ0v) is 7.51. The molecule has 1 rings (SSSR count). The van der Waals surface area contributed by atoms with Crippen molar-refractivity contribution in [3.63, 3.8) is 0 Å². The second-order valence-corrected chi connectivity index (χ2v) is 2.69. The molecule has 2 N–H and O–H groups in total. The van der Waals surface area contributed by atoms with E-state index >= 15 is 0 Å². The highest BCUT2D eigenvalue weighted by Gasteiger charge is 2.13. The van der Waals surface area contributed by atoms with Gasteiger partial charge in [-0.05, 0) is 6.92 Å². The maximum absolute atomic E-state index is 11.0. The highest BCUT2D eigenvalue weighted by Crippen LogP contribution is 2.14. The predicted molar refractivity (Wildman–Crippen MR) is 42.3 cm³/mol. The lowest BCUT2D eigenvalue weighted by Gasteiger charge is -1.89. The Hall–Kier alpha value is -0.680. The summed E-state index contributed by atoms with van der Waals surface area (Å²) in [6, 6.07) is 0. The second-order valence-electron chi connectivity index (χ2n) is 2.01. The summed E-state index contributed by atoms with van der Waals surface area (Å²) < 4.78 is 4.94. The van der Waals surface area contributed by atoms with Crippen molar-refractivity contribution in [2.75, 3.05) is 6.54 Å². The van der Waals surface area contributed by atoms with Crippen LogP contribution >= 0.6 is 15.9 Å². The Balaban J connectivity index is 3.03. The fourth-order valence-corrected chi connectivity index (χ4v) is 1.14. The molecule has 0 aromatic carbocycles. The smallest absolute Gasteiger partial charge is 0.264 e. The van der Waals surface area contributed by atoms with Gasteiger partial charge in [-0.15, -0.1) is 0 Å². The van der Waals surface area contributed by atoms with Crippen molar-refractivity contribution in [3.05, 3.63) is 16.3 Å². The normalized spacial score (nSPS) is 10.1. The molecule has 1 heterocycles. The molecule has 0 unspecified atom stereocenters. The van der Waals surface area contributed by atoms with E-state index in [0.717, 1.165) is 0 Å². The molecular formula is C6H7BrN2O2. The number of carbonyl (C=O) groups is 1. The van der Waals surface area contributed by atoms with E-state index in [9.17, 15) is 4.79 Å². The van der Waals surface area contributed by atoms with Crippen LogP contribution in [0.4, 0.5) is 0 Å². The van der Waals surface area contributed by atoms with E-state index in [1.807, 2.05) is 0 Å². The lowest BCUT2D eigenvalue weighted by atomic mass is 10.2. The SMILES string of the molecule is Cc1nc(Br)oc1C(=O)CN. The molecule has 0 amide bonds. The number of carbonyl (C=O) groups excluding carboxylic acids is 1. The van der Waals surface area contributed by atoms with Crippen LogP contribution in [0.3, 0.4) is 0 Å². The van der Waals surface area contributed by atoms with Crippen LogP contribution in [0.2, 0.25) is 0 Å². The van der Waals surface area contributed by atoms with Crippen LogP contribution < -0.4 is 5.73 Å². The van der Waals surface area contributed by atoms with Crippen LogP contribution in [0.15, 0.2) is 9.22 Å². The second kappa shape index (κ2) is 3.15. The van der Waals surface area contributed by atoms with Crippen molar-refractivity contribution in [1.29, 1.82) is 0 Å². The molecule has 0 saturated heterocycles. The summed E-state index contributed by atoms with van der Waals surface area (Å²) in [7, 11) is 0. The number of ketones is 1. The van der Waals surface area contributed by atoms with Crippen LogP contribution in [0.5, 0.6) is 0 Å². The summed E-state index contributed by atoms with van der Waals surface area (Å²) in [6.45, 7) is 1.64. The minimum atomic E-state index is -0.235. The minimum absolute atomic E-state index is 0.0531. The third-order valence-electron chi connectivity index (χ3n) is 1.21. The third kappa shape index (κ3) is 1.66. The van der Waals surface area contributed by atoms with Crippen LogP contribution in [0.25, 0.3) is 0 Å². The minimum Gasteiger partial charge on any atom is -0.428 e. The molecule has 0 spiro atoms. The zero-order chi connectivity index (χ0) is 8.43. The zero-order valence-electron chi connectivity index (χ0n) is 5.93. The first-order valence-electron chi connectivity index (χ1n) is 3.01. The van der Waals surface area contributed by atoms with Crippen molar-refractivity contribution in [1.82, 2.24) is 4.98 Å². The van der Waals surface area contributed by atoms with Gasteiger partial charge in [-0.2, -0.15) is 0 Å². The summed E-state index contributed by atoms with van der Waals surface area (Å²) in [5, 5.41) is 0. The summed E-state index contributed by atoms with van der Waals surface area (Å²) in [5.74, 6) is 0.0000694. The van der Waals surface area contributed by atoms with E-state index in [2.05, 4.69) is 20.9 Å². The van der Waals surface area contributed by atoms with Gasteiger partial charge < -0.3 is 10.2 Å². The molecular weight excluding hydrogens is 212 g/mol. The number of Topliss-reactive ketones (excluding diaryl/α,β-unsaturated/α-hetero) is 1. The third-order valence-corrected chi connectivity index (χ3v) is 1.55. The van der Waals surface area contributed by atoms with Crippen molar-refractivity contribution < 1.29 is 9.21 Å². The molecule has 1 aromatic heterocycles. The van der Waals surface area contributed by atoms with E-state index in [0.29, 0.717) is 10.5 Å². The van der Waals surface area contributed by atoms with Gasteiger partial charge in [-0.25, -0.2) is 4.98 Å². The Bertz CT molecular complexity index is 282. The van der Waals surface area contributed by atoms with Crippen LogP contribution in [0, 0.1) is 6.92 Å². The van der Waals surface area contributed by atoms with Crippen molar-refractivity contribution in [3.8, 4) is 0 Å². The molecule has 1 aromatic rings. The molecule has 60 valence electrons. The van der Waals surface area contributed by atoms with Gasteiger partial charge in [0.1, 0.15) is 0 Å². The Morgan fingerprint density at radius 1 is 1.82 bits per heavy atom. The summed E-state index contributed by atoms with van der Waals surface area (Å²) in [4.78, 5) is 15.1. The first-order chi connectivity index (χ1) is 5.15. The van der Waals surface area contributed by atoms with Crippen molar-refractivity contribution in [2.45, 2.75) is 6.92 Å². The molecule has 0 radical (unpaired) electrons. The van der Waals surface area contributed by atoms with Crippen LogP contribution in [-0.4, -0.2) is 17.3 Å². The number of aromatic nitrogens is 1. The lowest BCUT2D eigenvalue weighted by Crippen LogP contribution is -2.13. The molecule has 5 heteroatoms. The maximum Gasteiger partial charge on any atom is 0.264 e. The van der Waals surface area contributed by atoms with Crippen molar-refractivity contribution >= 4 is 21.7 Å². The van der Waals surface area contributed by atoms with Crippen LogP contribution in [0.1, 0.15) is 16.2 Å². The number of nitrogens with zero attached hydrogens (tertiary/aromatic N) is 1. The average molecular weight is 219 g/mol. The van der Waals surface area contributed by atoms with E-state index in [4.69, 9.17) is 10.2 Å². The summed E-state index contributed by atoms with van der Waals surface area (Å²) in [5.41, 5.74) is 5.69. The first kappa shape index (κ1) is 8.42. The number of hydrogen-bond donors (Lipinski definition) is 1. The van der Waals surface area contributed by atoms with E-state index in [1.165, 1.54) is 0 Å². The number of hydrogen-bond acceptors (Lipinski definition) is 4. The number of oxazole rings is 1.